The van der Waals surface area contributed by atoms with Gasteiger partial charge in [0, 0.05) is 30.7 Å². The molecule has 1 aromatic rings. The molecule has 1 aromatic heterocycles. The Labute approximate surface area is 70.9 Å². The average Bonchev–Trinajstić information content (AvgIpc) is 2.03. The minimum atomic E-state index is 0.644. The van der Waals surface area contributed by atoms with Crippen LogP contribution in [0.2, 0.25) is 5.02 Å². The van der Waals surface area contributed by atoms with Crippen molar-refractivity contribution in [3.05, 3.63) is 29.0 Å². The zero-order valence-electron chi connectivity index (χ0n) is 6.50. The van der Waals surface area contributed by atoms with Gasteiger partial charge in [0.15, 0.2) is 0 Å². The van der Waals surface area contributed by atoms with E-state index in [0.29, 0.717) is 5.02 Å². The maximum Gasteiger partial charge on any atom is 0.0595 e. The minimum absolute atomic E-state index is 0.644. The van der Waals surface area contributed by atoms with Crippen molar-refractivity contribution in [2.24, 2.45) is 4.99 Å². The van der Waals surface area contributed by atoms with Gasteiger partial charge in [-0.15, -0.1) is 0 Å². The van der Waals surface area contributed by atoms with Crippen molar-refractivity contribution in [2.75, 3.05) is 7.05 Å². The molecule has 11 heavy (non-hydrogen) atoms. The molecular formula is C8H9ClN2. The minimum Gasteiger partial charge on any atom is -0.293 e. The summed E-state index contributed by atoms with van der Waals surface area (Å²) in [4.78, 5) is 7.96. The van der Waals surface area contributed by atoms with Crippen LogP contribution in [0, 0.1) is 0 Å². The molecule has 0 bridgehead atoms. The van der Waals surface area contributed by atoms with Crippen LogP contribution in [0.25, 0.3) is 0 Å². The lowest BCUT2D eigenvalue weighted by Gasteiger charge is -1.97. The molecule has 0 saturated carbocycles. The first-order valence-corrected chi connectivity index (χ1v) is 3.66. The number of pyridine rings is 1. The summed E-state index contributed by atoms with van der Waals surface area (Å²) in [6.45, 7) is 1.92. The fourth-order valence-corrected chi connectivity index (χ4v) is 0.913. The van der Waals surface area contributed by atoms with Crippen LogP contribution >= 0.6 is 11.6 Å². The Balaban J connectivity index is 3.06. The van der Waals surface area contributed by atoms with E-state index >= 15 is 0 Å². The van der Waals surface area contributed by atoms with Crippen molar-refractivity contribution in [1.29, 1.82) is 0 Å². The highest BCUT2D eigenvalue weighted by molar-refractivity contribution is 6.30. The average molecular weight is 169 g/mol. The Kier molecular flexibility index (Phi) is 2.60. The van der Waals surface area contributed by atoms with E-state index in [1.54, 1.807) is 19.4 Å². The van der Waals surface area contributed by atoms with Crippen LogP contribution in [-0.2, 0) is 0 Å². The lowest BCUT2D eigenvalue weighted by Crippen LogP contribution is -1.94. The second-order valence-electron chi connectivity index (χ2n) is 2.20. The van der Waals surface area contributed by atoms with Crippen LogP contribution in [0.1, 0.15) is 12.5 Å². The largest absolute Gasteiger partial charge is 0.293 e. The fraction of sp³-hybridized carbons (Fsp3) is 0.250. The van der Waals surface area contributed by atoms with Crippen molar-refractivity contribution < 1.29 is 0 Å². The Morgan fingerprint density at radius 3 is 2.82 bits per heavy atom. The number of nitrogens with zero attached hydrogens (tertiary/aromatic N) is 2. The van der Waals surface area contributed by atoms with Gasteiger partial charge < -0.3 is 0 Å². The summed E-state index contributed by atoms with van der Waals surface area (Å²) in [6.07, 6.45) is 3.35. The van der Waals surface area contributed by atoms with Crippen LogP contribution in [0.15, 0.2) is 23.5 Å². The van der Waals surface area contributed by atoms with Crippen LogP contribution in [0.3, 0.4) is 0 Å². The van der Waals surface area contributed by atoms with Crippen LogP contribution in [-0.4, -0.2) is 17.7 Å². The summed E-state index contributed by atoms with van der Waals surface area (Å²) < 4.78 is 0. The topological polar surface area (TPSA) is 25.2 Å². The third-order valence-electron chi connectivity index (χ3n) is 1.46. The summed E-state index contributed by atoms with van der Waals surface area (Å²) in [7, 11) is 1.75. The van der Waals surface area contributed by atoms with Gasteiger partial charge in [-0.2, -0.15) is 0 Å². The van der Waals surface area contributed by atoms with Crippen LogP contribution in [0.4, 0.5) is 0 Å². The van der Waals surface area contributed by atoms with Gasteiger partial charge in [-0.05, 0) is 13.0 Å². The summed E-state index contributed by atoms with van der Waals surface area (Å²) in [5, 5.41) is 0.644. The second kappa shape index (κ2) is 3.49. The first-order valence-electron chi connectivity index (χ1n) is 3.28. The molecule has 2 nitrogen and oxygen atoms in total. The van der Waals surface area contributed by atoms with E-state index in [1.807, 2.05) is 13.0 Å². The van der Waals surface area contributed by atoms with Crippen LogP contribution in [0.5, 0.6) is 0 Å². The lowest BCUT2D eigenvalue weighted by molar-refractivity contribution is 1.30. The number of halogens is 1. The predicted molar refractivity (Wildman–Crippen MR) is 47.4 cm³/mol. The van der Waals surface area contributed by atoms with E-state index in [-0.39, 0.29) is 0 Å². The highest BCUT2D eigenvalue weighted by Crippen LogP contribution is 2.08. The molecule has 58 valence electrons. The first-order chi connectivity index (χ1) is 5.24. The number of aromatic nitrogens is 1. The molecule has 0 atom stereocenters. The Morgan fingerprint density at radius 1 is 1.55 bits per heavy atom. The summed E-state index contributed by atoms with van der Waals surface area (Å²) in [5.41, 5.74) is 1.92. The van der Waals surface area contributed by atoms with Gasteiger partial charge >= 0.3 is 0 Å². The molecule has 0 spiro atoms. The molecule has 0 fully saturated rings. The standard InChI is InChI=1S/C8H9ClN2/c1-6(10-2)7-3-8(9)5-11-4-7/h3-5H,1-2H3. The molecule has 0 unspecified atom stereocenters. The molecular weight excluding hydrogens is 160 g/mol. The number of aliphatic imine (C=N–C) groups is 1. The van der Waals surface area contributed by atoms with E-state index in [4.69, 9.17) is 11.6 Å². The summed E-state index contributed by atoms with van der Waals surface area (Å²) in [6, 6.07) is 1.84. The van der Waals surface area contributed by atoms with E-state index in [9.17, 15) is 0 Å². The van der Waals surface area contributed by atoms with Crippen molar-refractivity contribution in [3.8, 4) is 0 Å². The molecule has 3 heteroatoms. The van der Waals surface area contributed by atoms with E-state index in [0.717, 1.165) is 11.3 Å². The molecule has 0 amide bonds. The van der Waals surface area contributed by atoms with Crippen molar-refractivity contribution in [1.82, 2.24) is 4.98 Å². The van der Waals surface area contributed by atoms with Gasteiger partial charge in [0.1, 0.15) is 0 Å². The monoisotopic (exact) mass is 168 g/mol. The summed E-state index contributed by atoms with van der Waals surface area (Å²) >= 11 is 5.73. The first kappa shape index (κ1) is 8.21. The zero-order chi connectivity index (χ0) is 8.27. The van der Waals surface area contributed by atoms with Gasteiger partial charge in [0.2, 0.25) is 0 Å². The van der Waals surface area contributed by atoms with Gasteiger partial charge in [0.05, 0.1) is 5.02 Å². The number of rotatable bonds is 1. The van der Waals surface area contributed by atoms with Crippen molar-refractivity contribution in [3.63, 3.8) is 0 Å². The molecule has 0 aliphatic heterocycles. The van der Waals surface area contributed by atoms with Gasteiger partial charge in [-0.3, -0.25) is 9.98 Å². The molecule has 0 N–H and O–H groups in total. The number of hydrogen-bond acceptors (Lipinski definition) is 2. The molecule has 0 radical (unpaired) electrons. The second-order valence-corrected chi connectivity index (χ2v) is 2.64. The van der Waals surface area contributed by atoms with Gasteiger partial charge in [-0.25, -0.2) is 0 Å². The Bertz CT molecular complexity index is 281. The molecule has 0 aromatic carbocycles. The highest BCUT2D eigenvalue weighted by atomic mass is 35.5. The molecule has 1 rings (SSSR count). The third kappa shape index (κ3) is 2.02. The van der Waals surface area contributed by atoms with Crippen molar-refractivity contribution >= 4 is 17.3 Å². The molecule has 0 saturated heterocycles. The van der Waals surface area contributed by atoms with Crippen LogP contribution < -0.4 is 0 Å². The van der Waals surface area contributed by atoms with E-state index in [1.165, 1.54) is 0 Å². The Morgan fingerprint density at radius 2 is 2.27 bits per heavy atom. The third-order valence-corrected chi connectivity index (χ3v) is 1.66. The van der Waals surface area contributed by atoms with E-state index < -0.39 is 0 Å². The van der Waals surface area contributed by atoms with E-state index in [2.05, 4.69) is 9.98 Å². The maximum atomic E-state index is 5.73. The van der Waals surface area contributed by atoms with Gasteiger partial charge in [0.25, 0.3) is 0 Å². The molecule has 0 aliphatic carbocycles. The summed E-state index contributed by atoms with van der Waals surface area (Å²) in [5.74, 6) is 0. The Hall–Kier alpha value is -0.890. The smallest absolute Gasteiger partial charge is 0.0595 e. The SMILES string of the molecule is CN=C(C)c1cncc(Cl)c1. The lowest BCUT2D eigenvalue weighted by atomic mass is 10.2. The highest BCUT2D eigenvalue weighted by Gasteiger charge is 1.96. The van der Waals surface area contributed by atoms with Crippen molar-refractivity contribution in [2.45, 2.75) is 6.92 Å². The fourth-order valence-electron chi connectivity index (χ4n) is 0.739. The zero-order valence-corrected chi connectivity index (χ0v) is 7.26. The quantitative estimate of drug-likeness (QED) is 0.590. The molecule has 1 heterocycles. The maximum absolute atomic E-state index is 5.73. The molecule has 0 aliphatic rings. The van der Waals surface area contributed by atoms with Gasteiger partial charge in [-0.1, -0.05) is 11.6 Å². The predicted octanol–water partition coefficient (Wildman–Crippen LogP) is 2.17. The number of hydrogen-bond donors (Lipinski definition) is 0. The normalized spacial score (nSPS) is 11.7.